The van der Waals surface area contributed by atoms with Crippen molar-refractivity contribution in [3.8, 4) is 11.1 Å². The van der Waals surface area contributed by atoms with Crippen molar-refractivity contribution in [1.29, 1.82) is 0 Å². The quantitative estimate of drug-likeness (QED) is 0.689. The SMILES string of the molecule is CN1CCC(C(=O)Nc2n[nH]c3ccc(-c4cn[nH]c4)cc23)CC1. The van der Waals surface area contributed by atoms with Gasteiger partial charge in [-0.25, -0.2) is 0 Å². The number of hydrogen-bond acceptors (Lipinski definition) is 4. The van der Waals surface area contributed by atoms with E-state index in [1.807, 2.05) is 24.4 Å². The number of H-pyrrole nitrogens is 2. The van der Waals surface area contributed by atoms with Crippen molar-refractivity contribution < 1.29 is 4.79 Å². The molecule has 1 amide bonds. The molecule has 7 heteroatoms. The van der Waals surface area contributed by atoms with E-state index in [1.54, 1.807) is 6.20 Å². The van der Waals surface area contributed by atoms with Crippen LogP contribution < -0.4 is 5.32 Å². The predicted molar refractivity (Wildman–Crippen MR) is 92.5 cm³/mol. The van der Waals surface area contributed by atoms with Gasteiger partial charge in [0.05, 0.1) is 11.7 Å². The normalized spacial score (nSPS) is 16.5. The van der Waals surface area contributed by atoms with Gasteiger partial charge in [0.15, 0.2) is 5.82 Å². The van der Waals surface area contributed by atoms with Crippen LogP contribution in [0.3, 0.4) is 0 Å². The van der Waals surface area contributed by atoms with Gasteiger partial charge in [-0.05, 0) is 50.7 Å². The van der Waals surface area contributed by atoms with E-state index in [2.05, 4.69) is 37.7 Å². The average Bonchev–Trinajstić information content (AvgIpc) is 3.25. The van der Waals surface area contributed by atoms with E-state index in [9.17, 15) is 4.79 Å². The third-order valence-electron chi connectivity index (χ3n) is 4.73. The third kappa shape index (κ3) is 2.78. The Balaban J connectivity index is 1.58. The van der Waals surface area contributed by atoms with Crippen LogP contribution in [-0.2, 0) is 4.79 Å². The van der Waals surface area contributed by atoms with Crippen LogP contribution in [0.5, 0.6) is 0 Å². The van der Waals surface area contributed by atoms with E-state index in [-0.39, 0.29) is 11.8 Å². The van der Waals surface area contributed by atoms with Gasteiger partial charge in [0.25, 0.3) is 0 Å². The summed E-state index contributed by atoms with van der Waals surface area (Å²) in [7, 11) is 2.09. The summed E-state index contributed by atoms with van der Waals surface area (Å²) in [5, 5.41) is 18.0. The molecule has 1 aliphatic rings. The van der Waals surface area contributed by atoms with Crippen LogP contribution in [0, 0.1) is 5.92 Å². The number of nitrogens with zero attached hydrogens (tertiary/aromatic N) is 3. The zero-order valence-corrected chi connectivity index (χ0v) is 13.5. The minimum absolute atomic E-state index is 0.0602. The number of rotatable bonds is 3. The van der Waals surface area contributed by atoms with E-state index in [0.717, 1.165) is 48.0 Å². The molecule has 1 saturated heterocycles. The minimum Gasteiger partial charge on any atom is -0.308 e. The van der Waals surface area contributed by atoms with E-state index >= 15 is 0 Å². The van der Waals surface area contributed by atoms with Crippen molar-refractivity contribution >= 4 is 22.6 Å². The Morgan fingerprint density at radius 3 is 2.88 bits per heavy atom. The van der Waals surface area contributed by atoms with Gasteiger partial charge in [-0.15, -0.1) is 0 Å². The number of hydrogen-bond donors (Lipinski definition) is 3. The fourth-order valence-electron chi connectivity index (χ4n) is 3.19. The largest absolute Gasteiger partial charge is 0.308 e. The van der Waals surface area contributed by atoms with Crippen LogP contribution in [0.25, 0.3) is 22.0 Å². The smallest absolute Gasteiger partial charge is 0.228 e. The Morgan fingerprint density at radius 2 is 2.12 bits per heavy atom. The molecule has 4 rings (SSSR count). The summed E-state index contributed by atoms with van der Waals surface area (Å²) in [4.78, 5) is 14.8. The van der Waals surface area contributed by atoms with Crippen LogP contribution in [0.15, 0.2) is 30.6 Å². The van der Waals surface area contributed by atoms with Crippen LogP contribution in [0.4, 0.5) is 5.82 Å². The molecule has 3 heterocycles. The summed E-state index contributed by atoms with van der Waals surface area (Å²) in [6.07, 6.45) is 5.41. The molecule has 1 fully saturated rings. The first-order valence-electron chi connectivity index (χ1n) is 8.17. The van der Waals surface area contributed by atoms with E-state index in [1.165, 1.54) is 0 Å². The summed E-state index contributed by atoms with van der Waals surface area (Å²) < 4.78 is 0. The summed E-state index contributed by atoms with van der Waals surface area (Å²) in [5.41, 5.74) is 2.94. The Bertz CT molecular complexity index is 845. The molecule has 1 aliphatic heterocycles. The monoisotopic (exact) mass is 324 g/mol. The van der Waals surface area contributed by atoms with Gasteiger partial charge >= 0.3 is 0 Å². The maximum absolute atomic E-state index is 12.5. The van der Waals surface area contributed by atoms with Crippen molar-refractivity contribution in [1.82, 2.24) is 25.3 Å². The second-order valence-electron chi connectivity index (χ2n) is 6.39. The molecule has 0 spiro atoms. The van der Waals surface area contributed by atoms with E-state index < -0.39 is 0 Å². The molecule has 0 atom stereocenters. The molecular weight excluding hydrogens is 304 g/mol. The van der Waals surface area contributed by atoms with Gasteiger partial charge in [0, 0.05) is 23.1 Å². The molecule has 3 N–H and O–H groups in total. The molecule has 24 heavy (non-hydrogen) atoms. The molecule has 0 unspecified atom stereocenters. The number of aromatic amines is 2. The highest BCUT2D eigenvalue weighted by Gasteiger charge is 2.24. The maximum atomic E-state index is 12.5. The fraction of sp³-hybridized carbons (Fsp3) is 0.353. The number of carbonyl (C=O) groups excluding carboxylic acids is 1. The first-order valence-corrected chi connectivity index (χ1v) is 8.17. The maximum Gasteiger partial charge on any atom is 0.228 e. The summed E-state index contributed by atoms with van der Waals surface area (Å²) in [6, 6.07) is 6.00. The third-order valence-corrected chi connectivity index (χ3v) is 4.73. The van der Waals surface area contributed by atoms with Crippen molar-refractivity contribution in [3.05, 3.63) is 30.6 Å². The number of piperidine rings is 1. The number of nitrogens with one attached hydrogen (secondary N) is 3. The van der Waals surface area contributed by atoms with Gasteiger partial charge in [-0.2, -0.15) is 10.2 Å². The van der Waals surface area contributed by atoms with E-state index in [0.29, 0.717) is 5.82 Å². The standard InChI is InChI=1S/C17H20N6O/c1-23-6-4-11(5-7-23)17(24)20-16-14-8-12(13-9-18-19-10-13)2-3-15(14)21-22-16/h2-3,8-11H,4-7H2,1H3,(H,18,19)(H2,20,21,22,24). The van der Waals surface area contributed by atoms with E-state index in [4.69, 9.17) is 0 Å². The summed E-state index contributed by atoms with van der Waals surface area (Å²) in [6.45, 7) is 1.92. The fourth-order valence-corrected chi connectivity index (χ4v) is 3.19. The predicted octanol–water partition coefficient (Wildman–Crippen LogP) is 2.23. The van der Waals surface area contributed by atoms with Crippen LogP contribution >= 0.6 is 0 Å². The van der Waals surface area contributed by atoms with Crippen molar-refractivity contribution in [3.63, 3.8) is 0 Å². The Labute approximate surface area is 139 Å². The number of benzene rings is 1. The van der Waals surface area contributed by atoms with Crippen molar-refractivity contribution in [2.75, 3.05) is 25.5 Å². The van der Waals surface area contributed by atoms with Gasteiger partial charge in [-0.1, -0.05) is 6.07 Å². The van der Waals surface area contributed by atoms with Gasteiger partial charge < -0.3 is 10.2 Å². The van der Waals surface area contributed by atoms with Crippen LogP contribution in [-0.4, -0.2) is 51.3 Å². The first-order chi connectivity index (χ1) is 11.7. The van der Waals surface area contributed by atoms with Crippen LogP contribution in [0.1, 0.15) is 12.8 Å². The minimum atomic E-state index is 0.0602. The highest BCUT2D eigenvalue weighted by atomic mass is 16.2. The molecule has 0 bridgehead atoms. The second kappa shape index (κ2) is 6.09. The highest BCUT2D eigenvalue weighted by Crippen LogP contribution is 2.28. The highest BCUT2D eigenvalue weighted by molar-refractivity contribution is 6.01. The molecular formula is C17H20N6O. The Morgan fingerprint density at radius 1 is 1.29 bits per heavy atom. The lowest BCUT2D eigenvalue weighted by Crippen LogP contribution is -2.36. The summed E-state index contributed by atoms with van der Waals surface area (Å²) in [5.74, 6) is 0.717. The van der Waals surface area contributed by atoms with Gasteiger partial charge in [0.2, 0.25) is 5.91 Å². The average molecular weight is 324 g/mol. The van der Waals surface area contributed by atoms with Gasteiger partial charge in [0.1, 0.15) is 0 Å². The lowest BCUT2D eigenvalue weighted by Gasteiger charge is -2.27. The molecule has 0 radical (unpaired) electrons. The lowest BCUT2D eigenvalue weighted by molar-refractivity contribution is -0.121. The molecule has 0 aliphatic carbocycles. The number of aromatic nitrogens is 4. The van der Waals surface area contributed by atoms with Crippen LogP contribution in [0.2, 0.25) is 0 Å². The number of amides is 1. The van der Waals surface area contributed by atoms with Gasteiger partial charge in [-0.3, -0.25) is 15.0 Å². The number of anilines is 1. The Kier molecular flexibility index (Phi) is 3.78. The molecule has 124 valence electrons. The lowest BCUT2D eigenvalue weighted by atomic mass is 9.96. The molecule has 7 nitrogen and oxygen atoms in total. The molecule has 2 aromatic heterocycles. The first kappa shape index (κ1) is 14.9. The zero-order valence-electron chi connectivity index (χ0n) is 13.5. The topological polar surface area (TPSA) is 89.7 Å². The zero-order chi connectivity index (χ0) is 16.5. The molecule has 0 saturated carbocycles. The molecule has 3 aromatic rings. The van der Waals surface area contributed by atoms with Crippen molar-refractivity contribution in [2.24, 2.45) is 5.92 Å². The van der Waals surface area contributed by atoms with Crippen molar-refractivity contribution in [2.45, 2.75) is 12.8 Å². The number of carbonyl (C=O) groups is 1. The summed E-state index contributed by atoms with van der Waals surface area (Å²) >= 11 is 0. The number of likely N-dealkylation sites (tertiary alicyclic amines) is 1. The molecule has 1 aromatic carbocycles. The Hall–Kier alpha value is -2.67. The number of fused-ring (bicyclic) bond motifs is 1. The second-order valence-corrected chi connectivity index (χ2v) is 6.39.